The van der Waals surface area contributed by atoms with E-state index in [2.05, 4.69) is 21.8 Å². The third kappa shape index (κ3) is 3.64. The van der Waals surface area contributed by atoms with Crippen LogP contribution in [0.4, 0.5) is 0 Å². The Bertz CT molecular complexity index is 654. The standard InChI is InChI=1S/C19H30N4O3/c1-21-10-8-19(7-5-17(21)24)14-23(12-11-22(19)2)13-15-18(26-4)16(25-3)6-9-20-15/h6,9H,5,7-8,10-14H2,1-4H3. The maximum Gasteiger partial charge on any atom is 0.222 e. The number of amides is 1. The molecule has 7 nitrogen and oxygen atoms in total. The molecular formula is C19H30N4O3. The van der Waals surface area contributed by atoms with Crippen LogP contribution in [0.1, 0.15) is 25.0 Å². The number of likely N-dealkylation sites (tertiary alicyclic amines) is 1. The summed E-state index contributed by atoms with van der Waals surface area (Å²) >= 11 is 0. The fourth-order valence-electron chi connectivity index (χ4n) is 4.15. The fourth-order valence-corrected chi connectivity index (χ4v) is 4.15. The molecule has 2 fully saturated rings. The lowest BCUT2D eigenvalue weighted by Crippen LogP contribution is -2.60. The van der Waals surface area contributed by atoms with Gasteiger partial charge in [0.05, 0.1) is 14.2 Å². The second-order valence-electron chi connectivity index (χ2n) is 7.42. The van der Waals surface area contributed by atoms with Crippen LogP contribution in [0.15, 0.2) is 12.3 Å². The number of hydrogen-bond donors (Lipinski definition) is 0. The molecule has 2 saturated heterocycles. The maximum atomic E-state index is 12.1. The van der Waals surface area contributed by atoms with E-state index in [9.17, 15) is 4.79 Å². The smallest absolute Gasteiger partial charge is 0.222 e. The highest BCUT2D eigenvalue weighted by atomic mass is 16.5. The van der Waals surface area contributed by atoms with E-state index in [0.717, 1.165) is 51.3 Å². The zero-order chi connectivity index (χ0) is 18.7. The van der Waals surface area contributed by atoms with Gasteiger partial charge in [0.2, 0.25) is 5.91 Å². The van der Waals surface area contributed by atoms with Crippen LogP contribution in [-0.2, 0) is 11.3 Å². The number of piperazine rings is 1. The summed E-state index contributed by atoms with van der Waals surface area (Å²) in [5, 5.41) is 0. The van der Waals surface area contributed by atoms with Gasteiger partial charge in [-0.05, 0) is 19.9 Å². The number of methoxy groups -OCH3 is 2. The average Bonchev–Trinajstić information content (AvgIpc) is 2.79. The van der Waals surface area contributed by atoms with Crippen LogP contribution in [0.3, 0.4) is 0 Å². The molecule has 3 rings (SSSR count). The summed E-state index contributed by atoms with van der Waals surface area (Å²) in [6.45, 7) is 4.44. The van der Waals surface area contributed by atoms with Gasteiger partial charge in [0.15, 0.2) is 11.5 Å². The monoisotopic (exact) mass is 362 g/mol. The Morgan fingerprint density at radius 1 is 1.15 bits per heavy atom. The van der Waals surface area contributed by atoms with Crippen LogP contribution in [0.2, 0.25) is 0 Å². The Morgan fingerprint density at radius 2 is 1.96 bits per heavy atom. The summed E-state index contributed by atoms with van der Waals surface area (Å²) in [5.74, 6) is 1.67. The third-order valence-electron chi connectivity index (χ3n) is 5.96. The Kier molecular flexibility index (Phi) is 5.67. The molecular weight excluding hydrogens is 332 g/mol. The van der Waals surface area contributed by atoms with Crippen LogP contribution in [0.5, 0.6) is 11.5 Å². The lowest BCUT2D eigenvalue weighted by Gasteiger charge is -2.49. The normalized spacial score (nSPS) is 25.4. The molecule has 3 heterocycles. The second-order valence-corrected chi connectivity index (χ2v) is 7.42. The molecule has 0 N–H and O–H groups in total. The van der Waals surface area contributed by atoms with E-state index in [1.807, 2.05) is 18.0 Å². The highest BCUT2D eigenvalue weighted by molar-refractivity contribution is 5.76. The molecule has 1 amide bonds. The minimum absolute atomic E-state index is 0.0464. The van der Waals surface area contributed by atoms with Gasteiger partial charge in [0.25, 0.3) is 0 Å². The number of nitrogens with zero attached hydrogens (tertiary/aromatic N) is 4. The van der Waals surface area contributed by atoms with Gasteiger partial charge in [-0.1, -0.05) is 0 Å². The van der Waals surface area contributed by atoms with Crippen molar-refractivity contribution in [1.29, 1.82) is 0 Å². The number of hydrogen-bond acceptors (Lipinski definition) is 6. The first-order valence-corrected chi connectivity index (χ1v) is 9.22. The lowest BCUT2D eigenvalue weighted by atomic mass is 9.86. The minimum atomic E-state index is 0.0464. The number of ether oxygens (including phenoxy) is 2. The molecule has 1 spiro atoms. The number of rotatable bonds is 4. The molecule has 7 heteroatoms. The van der Waals surface area contributed by atoms with E-state index in [1.54, 1.807) is 20.4 Å². The highest BCUT2D eigenvalue weighted by Gasteiger charge is 2.41. The van der Waals surface area contributed by atoms with Gasteiger partial charge < -0.3 is 14.4 Å². The van der Waals surface area contributed by atoms with Crippen molar-refractivity contribution in [3.63, 3.8) is 0 Å². The Hall–Kier alpha value is -1.86. The Labute approximate surface area is 155 Å². The van der Waals surface area contributed by atoms with Crippen molar-refractivity contribution in [2.24, 2.45) is 0 Å². The molecule has 1 aromatic heterocycles. The molecule has 2 aliphatic rings. The quantitative estimate of drug-likeness (QED) is 0.803. The molecule has 1 unspecified atom stereocenters. The van der Waals surface area contributed by atoms with E-state index >= 15 is 0 Å². The first-order chi connectivity index (χ1) is 12.5. The van der Waals surface area contributed by atoms with Crippen molar-refractivity contribution in [3.05, 3.63) is 18.0 Å². The van der Waals surface area contributed by atoms with Gasteiger partial charge in [-0.15, -0.1) is 0 Å². The molecule has 0 radical (unpaired) electrons. The molecule has 0 saturated carbocycles. The van der Waals surface area contributed by atoms with Crippen molar-refractivity contribution in [3.8, 4) is 11.5 Å². The summed E-state index contributed by atoms with van der Waals surface area (Å²) in [5.41, 5.74) is 0.943. The number of pyridine rings is 1. The van der Waals surface area contributed by atoms with E-state index in [4.69, 9.17) is 9.47 Å². The van der Waals surface area contributed by atoms with Gasteiger partial charge >= 0.3 is 0 Å². The molecule has 2 aliphatic heterocycles. The van der Waals surface area contributed by atoms with E-state index in [-0.39, 0.29) is 11.4 Å². The molecule has 144 valence electrons. The summed E-state index contributed by atoms with van der Waals surface area (Å²) in [6.07, 6.45) is 4.30. The zero-order valence-corrected chi connectivity index (χ0v) is 16.3. The minimum Gasteiger partial charge on any atom is -0.493 e. The predicted molar refractivity (Wildman–Crippen MR) is 99.5 cm³/mol. The number of carbonyl (C=O) groups excluding carboxylic acids is 1. The van der Waals surface area contributed by atoms with Gasteiger partial charge in [-0.25, -0.2) is 0 Å². The van der Waals surface area contributed by atoms with Crippen molar-refractivity contribution < 1.29 is 14.3 Å². The molecule has 1 atom stereocenters. The van der Waals surface area contributed by atoms with Crippen LogP contribution >= 0.6 is 0 Å². The van der Waals surface area contributed by atoms with Crippen molar-refractivity contribution in [2.45, 2.75) is 31.3 Å². The van der Waals surface area contributed by atoms with Gasteiger partial charge in [-0.2, -0.15) is 0 Å². The van der Waals surface area contributed by atoms with Gasteiger partial charge in [-0.3, -0.25) is 19.6 Å². The van der Waals surface area contributed by atoms with Gasteiger partial charge in [0.1, 0.15) is 5.69 Å². The Morgan fingerprint density at radius 3 is 2.69 bits per heavy atom. The van der Waals surface area contributed by atoms with Crippen molar-refractivity contribution in [1.82, 2.24) is 19.7 Å². The highest BCUT2D eigenvalue weighted by Crippen LogP contribution is 2.34. The molecule has 0 bridgehead atoms. The van der Waals surface area contributed by atoms with Crippen LogP contribution < -0.4 is 9.47 Å². The second kappa shape index (κ2) is 7.80. The van der Waals surface area contributed by atoms with E-state index in [0.29, 0.717) is 17.9 Å². The molecule has 1 aromatic rings. The van der Waals surface area contributed by atoms with Crippen molar-refractivity contribution >= 4 is 5.91 Å². The van der Waals surface area contributed by atoms with Gasteiger partial charge in [0, 0.05) is 64.0 Å². The predicted octanol–water partition coefficient (Wildman–Crippen LogP) is 1.23. The van der Waals surface area contributed by atoms with Crippen LogP contribution in [-0.4, -0.2) is 85.6 Å². The summed E-state index contributed by atoms with van der Waals surface area (Å²) in [7, 11) is 7.40. The van der Waals surface area contributed by atoms with E-state index < -0.39 is 0 Å². The number of likely N-dealkylation sites (N-methyl/N-ethyl adjacent to an activating group) is 1. The average molecular weight is 362 g/mol. The number of carbonyl (C=O) groups is 1. The summed E-state index contributed by atoms with van der Waals surface area (Å²) < 4.78 is 10.9. The van der Waals surface area contributed by atoms with E-state index in [1.165, 1.54) is 0 Å². The van der Waals surface area contributed by atoms with Crippen LogP contribution in [0.25, 0.3) is 0 Å². The first-order valence-electron chi connectivity index (χ1n) is 9.22. The van der Waals surface area contributed by atoms with Crippen LogP contribution in [0, 0.1) is 0 Å². The number of aromatic nitrogens is 1. The summed E-state index contributed by atoms with van der Waals surface area (Å²) in [6, 6.07) is 1.82. The molecule has 0 aliphatic carbocycles. The first kappa shape index (κ1) is 18.9. The topological polar surface area (TPSA) is 58.1 Å². The maximum absolute atomic E-state index is 12.1. The van der Waals surface area contributed by atoms with Crippen molar-refractivity contribution in [2.75, 3.05) is 54.5 Å². The summed E-state index contributed by atoms with van der Waals surface area (Å²) in [4.78, 5) is 23.4. The zero-order valence-electron chi connectivity index (χ0n) is 16.3. The molecule has 0 aromatic carbocycles. The largest absolute Gasteiger partial charge is 0.493 e. The lowest BCUT2D eigenvalue weighted by molar-refractivity contribution is -0.129. The SMILES string of the molecule is COc1ccnc(CN2CCN(C)C3(CCC(=O)N(C)CC3)C2)c1OC. The third-order valence-corrected chi connectivity index (χ3v) is 5.96. The fraction of sp³-hybridized carbons (Fsp3) is 0.684. The molecule has 26 heavy (non-hydrogen) atoms. The Balaban J connectivity index is 1.78.